The zero-order valence-corrected chi connectivity index (χ0v) is 37.9. The van der Waals surface area contributed by atoms with Gasteiger partial charge in [-0.2, -0.15) is 0 Å². The first kappa shape index (κ1) is 40.8. The smallest absolute Gasteiger partial charge is 1.00 e. The van der Waals surface area contributed by atoms with Gasteiger partial charge in [-0.25, -0.2) is 0 Å². The van der Waals surface area contributed by atoms with Gasteiger partial charge in [0.25, 0.3) is 0 Å². The molecule has 4 aromatic carbocycles. The zero-order valence-electron chi connectivity index (χ0n) is 34.0. The second kappa shape index (κ2) is 14.9. The van der Waals surface area contributed by atoms with Crippen LogP contribution in [0.15, 0.2) is 115 Å². The molecule has 1 atom stereocenters. The van der Waals surface area contributed by atoms with E-state index in [1.165, 1.54) is 67.6 Å². The summed E-state index contributed by atoms with van der Waals surface area (Å²) in [7, 11) is 0. The van der Waals surface area contributed by atoms with E-state index in [2.05, 4.69) is 172 Å². The van der Waals surface area contributed by atoms with Gasteiger partial charge in [-0.15, -0.1) is 0 Å². The Labute approximate surface area is 345 Å². The van der Waals surface area contributed by atoms with Gasteiger partial charge in [0.15, 0.2) is 0 Å². The Morgan fingerprint density at radius 1 is 0.722 bits per heavy atom. The second-order valence-electron chi connectivity index (χ2n) is 18.3. The molecule has 0 heterocycles. The van der Waals surface area contributed by atoms with Crippen LogP contribution in [-0.2, 0) is 51.4 Å². The van der Waals surface area contributed by atoms with Crippen LogP contribution in [0, 0.1) is 11.3 Å². The van der Waals surface area contributed by atoms with Gasteiger partial charge in [-0.3, -0.25) is 0 Å². The predicted molar refractivity (Wildman–Crippen MR) is 222 cm³/mol. The van der Waals surface area contributed by atoms with E-state index in [4.69, 9.17) is 0 Å². The molecule has 0 aromatic heterocycles. The van der Waals surface area contributed by atoms with Crippen LogP contribution in [0.5, 0.6) is 0 Å². The summed E-state index contributed by atoms with van der Waals surface area (Å²) in [6.07, 6.45) is 12.2. The van der Waals surface area contributed by atoms with Gasteiger partial charge in [0, 0.05) is 0 Å². The summed E-state index contributed by atoms with van der Waals surface area (Å²) in [6, 6.07) is 33.0. The van der Waals surface area contributed by atoms with E-state index < -0.39 is 21.3 Å². The van der Waals surface area contributed by atoms with Gasteiger partial charge < -0.3 is 24.8 Å². The molecular formula is C51H56Cl2Zr. The van der Waals surface area contributed by atoms with Crippen molar-refractivity contribution in [3.05, 3.63) is 160 Å². The number of rotatable bonds is 7. The second-order valence-corrected chi connectivity index (χ2v) is 24.5. The van der Waals surface area contributed by atoms with E-state index in [9.17, 15) is 0 Å². The van der Waals surface area contributed by atoms with E-state index in [1.807, 2.05) is 3.21 Å². The summed E-state index contributed by atoms with van der Waals surface area (Å²) in [5.74, 6) is 0.518. The summed E-state index contributed by atoms with van der Waals surface area (Å²) >= 11 is -2.76. The third-order valence-corrected chi connectivity index (χ3v) is 21.7. The van der Waals surface area contributed by atoms with Crippen molar-refractivity contribution in [2.24, 2.45) is 11.3 Å². The Bertz CT molecular complexity index is 2240. The molecule has 0 spiro atoms. The molecule has 3 heteroatoms. The normalized spacial score (nSPS) is 18.2. The number of hydrogen-bond donors (Lipinski definition) is 0. The molecule has 0 saturated carbocycles. The van der Waals surface area contributed by atoms with E-state index in [0.717, 1.165) is 19.3 Å². The molecule has 0 bridgehead atoms. The number of allylic oxidation sites excluding steroid dienone is 8. The van der Waals surface area contributed by atoms with Crippen LogP contribution < -0.4 is 24.8 Å². The maximum atomic E-state index is 2.71. The maximum Gasteiger partial charge on any atom is -1.00 e. The van der Waals surface area contributed by atoms with Gasteiger partial charge in [-0.05, 0) is 0 Å². The van der Waals surface area contributed by atoms with Crippen molar-refractivity contribution in [2.75, 3.05) is 0 Å². The van der Waals surface area contributed by atoms with Crippen molar-refractivity contribution in [3.8, 4) is 11.1 Å². The van der Waals surface area contributed by atoms with Crippen molar-refractivity contribution in [1.82, 2.24) is 0 Å². The molecule has 0 radical (unpaired) electrons. The predicted octanol–water partition coefficient (Wildman–Crippen LogP) is 7.15. The van der Waals surface area contributed by atoms with Crippen LogP contribution >= 0.6 is 0 Å². The van der Waals surface area contributed by atoms with E-state index in [1.54, 1.807) is 17.7 Å². The molecule has 0 fully saturated rings. The number of fused-ring (bicyclic) bond motifs is 5. The fraction of sp³-hybridized carbons (Fsp3) is 0.353. The molecule has 0 aliphatic heterocycles. The third kappa shape index (κ3) is 6.95. The Kier molecular flexibility index (Phi) is 11.3. The molecule has 54 heavy (non-hydrogen) atoms. The van der Waals surface area contributed by atoms with Crippen molar-refractivity contribution >= 4 is 14.4 Å². The Morgan fingerprint density at radius 3 is 1.80 bits per heavy atom. The minimum Gasteiger partial charge on any atom is -1.00 e. The third-order valence-electron chi connectivity index (χ3n) is 12.7. The molecule has 4 aromatic rings. The summed E-state index contributed by atoms with van der Waals surface area (Å²) in [4.78, 5) is 0. The first-order chi connectivity index (χ1) is 24.7. The number of benzene rings is 4. The first-order valence-corrected chi connectivity index (χ1v) is 23.4. The molecule has 4 aliphatic rings. The summed E-state index contributed by atoms with van der Waals surface area (Å²) in [5, 5.41) is 0. The first-order valence-electron chi connectivity index (χ1n) is 19.7. The van der Waals surface area contributed by atoms with Gasteiger partial charge in [-0.1, -0.05) is 0 Å². The van der Waals surface area contributed by atoms with Crippen LogP contribution in [0.4, 0.5) is 0 Å². The van der Waals surface area contributed by atoms with E-state index in [0.29, 0.717) is 5.92 Å². The summed E-state index contributed by atoms with van der Waals surface area (Å²) in [6.45, 7) is 24.3. The molecule has 4 aliphatic carbocycles. The average molecular weight is 831 g/mol. The van der Waals surface area contributed by atoms with Gasteiger partial charge in [0.1, 0.15) is 0 Å². The topological polar surface area (TPSA) is 0 Å². The van der Waals surface area contributed by atoms with Crippen LogP contribution in [0.3, 0.4) is 0 Å². The molecule has 0 N–H and O–H groups in total. The van der Waals surface area contributed by atoms with Gasteiger partial charge >= 0.3 is 324 Å². The Balaban J connectivity index is 0.00000249. The maximum absolute atomic E-state index is 2.76. The molecule has 0 amide bonds. The molecular weight excluding hydrogens is 775 g/mol. The Hall–Kier alpha value is -2.83. The molecule has 278 valence electrons. The van der Waals surface area contributed by atoms with E-state index >= 15 is 0 Å². The summed E-state index contributed by atoms with van der Waals surface area (Å²) in [5.41, 5.74) is 19.6. The monoisotopic (exact) mass is 828 g/mol. The zero-order chi connectivity index (χ0) is 36.7. The molecule has 0 saturated heterocycles. The fourth-order valence-electron chi connectivity index (χ4n) is 10.0. The van der Waals surface area contributed by atoms with Crippen molar-refractivity contribution in [3.63, 3.8) is 0 Å². The standard InChI is InChI=1S/C25H25.C15H14.C11H17.2ClH.Zr/c1-14-12-24(3,4)22-8-16-7-17-9-23-19(15(2)13-25(23,5)6)11-21(17)20(16)10-18(14)22;1-3-8-14(9-4-1)12-7-13-15-10-5-2-6-11-15;1-5-9-6-7-10(8-9)11(2,3)4;;;/h8-12H,7H2,1-6H3;1-6,8-11H,12-13H2;7-9H,5H2,1-4H3;2*1H;/q;;;;;+2/p-2. The average Bonchev–Trinajstić information content (AvgIpc) is 3.80. The Morgan fingerprint density at radius 2 is 1.26 bits per heavy atom. The minimum atomic E-state index is -2.76. The van der Waals surface area contributed by atoms with E-state index in [-0.39, 0.29) is 41.1 Å². The molecule has 8 rings (SSSR count). The van der Waals surface area contributed by atoms with Crippen LogP contribution in [-0.4, -0.2) is 3.21 Å². The number of hydrogen-bond acceptors (Lipinski definition) is 0. The summed E-state index contributed by atoms with van der Waals surface area (Å²) < 4.78 is 5.41. The fourth-order valence-corrected chi connectivity index (χ4v) is 20.0. The largest absolute Gasteiger partial charge is 1.00 e. The van der Waals surface area contributed by atoms with Crippen molar-refractivity contribution in [1.29, 1.82) is 0 Å². The SMILES string of the molecule is CCC1C=C(C(C)(C)C)C=[C]1[Zr+2]([C]1=C(C)c2cc3c(cc2C1(C)C)Cc1cc2c(cc1-3)C(C)=CC2(C)C)=[C](Cc1ccccc1)Cc1ccccc1.[Cl-].[Cl-]. The van der Waals surface area contributed by atoms with Crippen LogP contribution in [0.1, 0.15) is 120 Å². The molecule has 0 nitrogen and oxygen atoms in total. The quantitative estimate of drug-likeness (QED) is 0.164. The number of halogens is 2. The van der Waals surface area contributed by atoms with Crippen molar-refractivity contribution < 1.29 is 46.1 Å². The minimum absolute atomic E-state index is 0. The molecule has 1 unspecified atom stereocenters. The van der Waals surface area contributed by atoms with Gasteiger partial charge in [0.2, 0.25) is 0 Å². The van der Waals surface area contributed by atoms with Gasteiger partial charge in [0.05, 0.1) is 0 Å². The van der Waals surface area contributed by atoms with Crippen LogP contribution in [0.25, 0.3) is 22.3 Å². The van der Waals surface area contributed by atoms with Crippen molar-refractivity contribution in [2.45, 2.75) is 106 Å². The van der Waals surface area contributed by atoms with Crippen LogP contribution in [0.2, 0.25) is 0 Å².